The molecular weight excluding hydrogens is 417 g/mol. The van der Waals surface area contributed by atoms with Gasteiger partial charge in [-0.05, 0) is 39.9 Å². The molecular formula is C16H18S7. The maximum Gasteiger partial charge on any atom is 0.0163 e. The van der Waals surface area contributed by atoms with Crippen molar-refractivity contribution in [2.75, 3.05) is 0 Å². The normalized spacial score (nSPS) is 11.1. The monoisotopic (exact) mass is 434 g/mol. The first-order valence-electron chi connectivity index (χ1n) is 6.83. The van der Waals surface area contributed by atoms with Gasteiger partial charge in [0.05, 0.1) is 0 Å². The molecule has 0 aliphatic carbocycles. The number of benzene rings is 2. The largest absolute Gasteiger partial charge is 0.175 e. The first-order chi connectivity index (χ1) is 11.0. The third kappa shape index (κ3) is 4.18. The van der Waals surface area contributed by atoms with E-state index in [1.165, 1.54) is 0 Å². The molecule has 0 N–H and O–H groups in total. The molecule has 0 nitrogen and oxygen atoms in total. The molecule has 0 unspecified atom stereocenters. The van der Waals surface area contributed by atoms with Crippen molar-refractivity contribution >= 4 is 88.4 Å². The minimum absolute atomic E-state index is 0.613. The average Bonchev–Trinajstić information content (AvgIpc) is 2.52. The van der Waals surface area contributed by atoms with Crippen molar-refractivity contribution in [2.24, 2.45) is 0 Å². The van der Waals surface area contributed by atoms with E-state index < -0.39 is 0 Å². The fourth-order valence-corrected chi connectivity index (χ4v) is 5.27. The quantitative estimate of drug-likeness (QED) is 0.278. The zero-order valence-corrected chi connectivity index (χ0v) is 18.5. The molecule has 0 aliphatic rings. The maximum absolute atomic E-state index is 4.66. The number of rotatable bonds is 5. The van der Waals surface area contributed by atoms with Crippen LogP contribution in [-0.2, 0) is 23.0 Å². The van der Waals surface area contributed by atoms with Gasteiger partial charge in [-0.3, -0.25) is 0 Å². The maximum atomic E-state index is 4.66. The molecule has 7 heteroatoms. The number of thiol groups is 7. The Morgan fingerprint density at radius 2 is 1.00 bits per heavy atom. The van der Waals surface area contributed by atoms with E-state index in [-0.39, 0.29) is 0 Å². The standard InChI is InChI=1S/C16H18S7/c17-4-8-1-9(5-18)12(7-20)15(11(8)6-19)16-13(22)2-10(21)3-14(16)23/h1-3,17-23H,4-7H2. The van der Waals surface area contributed by atoms with Gasteiger partial charge < -0.3 is 0 Å². The molecule has 0 spiro atoms. The lowest BCUT2D eigenvalue weighted by atomic mass is 9.89. The van der Waals surface area contributed by atoms with Crippen molar-refractivity contribution in [2.45, 2.75) is 37.7 Å². The van der Waals surface area contributed by atoms with E-state index in [1.807, 2.05) is 12.1 Å². The summed E-state index contributed by atoms with van der Waals surface area (Å²) < 4.78 is 0. The SMILES string of the molecule is SCc1cc(CS)c(CS)c(-c2c(S)cc(S)cc2S)c1CS. The van der Waals surface area contributed by atoms with E-state index in [9.17, 15) is 0 Å². The van der Waals surface area contributed by atoms with Crippen LogP contribution in [0.15, 0.2) is 32.9 Å². The van der Waals surface area contributed by atoms with Crippen molar-refractivity contribution in [3.63, 3.8) is 0 Å². The highest BCUT2D eigenvalue weighted by Crippen LogP contribution is 2.42. The average molecular weight is 435 g/mol. The van der Waals surface area contributed by atoms with Crippen LogP contribution in [0.5, 0.6) is 0 Å². The van der Waals surface area contributed by atoms with Gasteiger partial charge in [0.1, 0.15) is 0 Å². The Morgan fingerprint density at radius 3 is 1.35 bits per heavy atom. The zero-order valence-electron chi connectivity index (χ0n) is 12.2. The lowest BCUT2D eigenvalue weighted by molar-refractivity contribution is 1.16. The molecule has 0 heterocycles. The molecule has 2 rings (SSSR count). The molecule has 0 saturated carbocycles. The highest BCUT2D eigenvalue weighted by atomic mass is 32.1. The van der Waals surface area contributed by atoms with Gasteiger partial charge in [-0.25, -0.2) is 0 Å². The van der Waals surface area contributed by atoms with Crippen LogP contribution in [0.1, 0.15) is 22.3 Å². The summed E-state index contributed by atoms with van der Waals surface area (Å²) in [6, 6.07) is 6.02. The Labute approximate surface area is 176 Å². The fourth-order valence-electron chi connectivity index (χ4n) is 2.69. The Hall–Kier alpha value is 0.890. The first-order valence-corrected chi connectivity index (χ1v) is 10.7. The Balaban J connectivity index is 2.94. The topological polar surface area (TPSA) is 0 Å². The number of hydrogen-bond acceptors (Lipinski definition) is 7. The third-order valence-corrected chi connectivity index (χ3v) is 5.99. The minimum atomic E-state index is 0.613. The van der Waals surface area contributed by atoms with E-state index in [4.69, 9.17) is 0 Å². The van der Waals surface area contributed by atoms with Crippen molar-refractivity contribution in [1.29, 1.82) is 0 Å². The smallest absolute Gasteiger partial charge is 0.0163 e. The molecule has 2 aromatic carbocycles. The predicted octanol–water partition coefficient (Wildman–Crippen LogP) is 5.94. The molecule has 0 aliphatic heterocycles. The van der Waals surface area contributed by atoms with Gasteiger partial charge in [-0.1, -0.05) is 6.07 Å². The van der Waals surface area contributed by atoms with Crippen LogP contribution in [0.4, 0.5) is 0 Å². The lowest BCUT2D eigenvalue weighted by Crippen LogP contribution is -2.04. The van der Waals surface area contributed by atoms with Gasteiger partial charge in [0, 0.05) is 43.3 Å². The molecule has 0 bridgehead atoms. The summed E-state index contributed by atoms with van der Waals surface area (Å²) in [4.78, 5) is 2.52. The number of hydrogen-bond donors (Lipinski definition) is 7. The molecule has 0 amide bonds. The van der Waals surface area contributed by atoms with Gasteiger partial charge in [0.15, 0.2) is 0 Å². The molecule has 0 saturated heterocycles. The highest BCUT2D eigenvalue weighted by Gasteiger charge is 2.20. The van der Waals surface area contributed by atoms with Crippen LogP contribution in [0.25, 0.3) is 11.1 Å². The minimum Gasteiger partial charge on any atom is -0.175 e. The van der Waals surface area contributed by atoms with Crippen LogP contribution >= 0.6 is 88.4 Å². The van der Waals surface area contributed by atoms with Crippen LogP contribution in [0.3, 0.4) is 0 Å². The van der Waals surface area contributed by atoms with Gasteiger partial charge in [-0.2, -0.15) is 50.5 Å². The summed E-state index contributed by atoms with van der Waals surface area (Å²) in [6.45, 7) is 0. The summed E-state index contributed by atoms with van der Waals surface area (Å²) in [5, 5.41) is 0. The second-order valence-electron chi connectivity index (χ2n) is 5.02. The second kappa shape index (κ2) is 9.01. The van der Waals surface area contributed by atoms with Crippen molar-refractivity contribution in [3.8, 4) is 11.1 Å². The second-order valence-corrected chi connectivity index (χ2v) is 7.76. The van der Waals surface area contributed by atoms with E-state index >= 15 is 0 Å². The molecule has 0 atom stereocenters. The van der Waals surface area contributed by atoms with Crippen LogP contribution < -0.4 is 0 Å². The van der Waals surface area contributed by atoms with Gasteiger partial charge in [0.25, 0.3) is 0 Å². The van der Waals surface area contributed by atoms with Crippen molar-refractivity contribution in [1.82, 2.24) is 0 Å². The summed E-state index contributed by atoms with van der Waals surface area (Å²) in [7, 11) is 0. The van der Waals surface area contributed by atoms with E-state index in [2.05, 4.69) is 94.5 Å². The predicted molar refractivity (Wildman–Crippen MR) is 124 cm³/mol. The van der Waals surface area contributed by atoms with Crippen LogP contribution in [-0.4, -0.2) is 0 Å². The van der Waals surface area contributed by atoms with Crippen LogP contribution in [0, 0.1) is 0 Å². The van der Waals surface area contributed by atoms with Gasteiger partial charge in [0.2, 0.25) is 0 Å². The van der Waals surface area contributed by atoms with Gasteiger partial charge in [-0.15, -0.1) is 37.9 Å². The first kappa shape index (κ1) is 20.2. The highest BCUT2D eigenvalue weighted by molar-refractivity contribution is 7.82. The molecule has 124 valence electrons. The zero-order chi connectivity index (χ0) is 17.1. The van der Waals surface area contributed by atoms with E-state index in [0.717, 1.165) is 48.1 Å². The van der Waals surface area contributed by atoms with Crippen molar-refractivity contribution in [3.05, 3.63) is 40.5 Å². The van der Waals surface area contributed by atoms with E-state index in [0.29, 0.717) is 23.0 Å². The third-order valence-electron chi connectivity index (χ3n) is 3.72. The molecule has 0 fully saturated rings. The summed E-state index contributed by atoms with van der Waals surface area (Å²) >= 11 is 31.8. The van der Waals surface area contributed by atoms with Crippen LogP contribution in [0.2, 0.25) is 0 Å². The van der Waals surface area contributed by atoms with E-state index in [1.54, 1.807) is 0 Å². The lowest BCUT2D eigenvalue weighted by Gasteiger charge is -2.22. The molecule has 0 radical (unpaired) electrons. The summed E-state index contributed by atoms with van der Waals surface area (Å²) in [6.07, 6.45) is 0. The molecule has 2 aromatic rings. The summed E-state index contributed by atoms with van der Waals surface area (Å²) in [5.41, 5.74) is 6.71. The summed E-state index contributed by atoms with van der Waals surface area (Å²) in [5.74, 6) is 2.51. The Bertz CT molecular complexity index is 672. The van der Waals surface area contributed by atoms with Gasteiger partial charge >= 0.3 is 0 Å². The molecule has 0 aromatic heterocycles. The fraction of sp³-hybridized carbons (Fsp3) is 0.250. The molecule has 23 heavy (non-hydrogen) atoms. The van der Waals surface area contributed by atoms with Crippen molar-refractivity contribution < 1.29 is 0 Å². The Morgan fingerprint density at radius 1 is 0.565 bits per heavy atom. The Kier molecular flexibility index (Phi) is 7.92.